The Morgan fingerprint density at radius 3 is 2.83 bits per heavy atom. The lowest BCUT2D eigenvalue weighted by molar-refractivity contribution is 0.0248. The smallest absolute Gasteiger partial charge is 0.255 e. The van der Waals surface area contributed by atoms with Crippen LogP contribution in [0.2, 0.25) is 0 Å². The minimum Gasteiger partial charge on any atom is -0.391 e. The fraction of sp³-hybridized carbons (Fsp3) is 0.474. The molecular formula is C19H25N3O2. The van der Waals surface area contributed by atoms with Crippen molar-refractivity contribution in [1.82, 2.24) is 14.5 Å². The molecule has 0 radical (unpaired) electrons. The van der Waals surface area contributed by atoms with E-state index in [1.165, 1.54) is 0 Å². The zero-order chi connectivity index (χ0) is 17.3. The van der Waals surface area contributed by atoms with Crippen molar-refractivity contribution in [3.8, 4) is 0 Å². The average Bonchev–Trinajstić information content (AvgIpc) is 2.86. The van der Waals surface area contributed by atoms with Gasteiger partial charge >= 0.3 is 0 Å². The van der Waals surface area contributed by atoms with Crippen LogP contribution < -0.4 is 0 Å². The molecule has 24 heavy (non-hydrogen) atoms. The van der Waals surface area contributed by atoms with Gasteiger partial charge in [-0.25, -0.2) is 0 Å². The van der Waals surface area contributed by atoms with Crippen LogP contribution in [-0.4, -0.2) is 44.7 Å². The summed E-state index contributed by atoms with van der Waals surface area (Å²) in [5, 5.41) is 10.1. The Balaban J connectivity index is 1.82. The predicted molar refractivity (Wildman–Crippen MR) is 92.9 cm³/mol. The Morgan fingerprint density at radius 1 is 1.38 bits per heavy atom. The number of hydrogen-bond donors (Lipinski definition) is 1. The summed E-state index contributed by atoms with van der Waals surface area (Å²) < 4.78 is 2.12. The monoisotopic (exact) mass is 327 g/mol. The number of carbonyl (C=O) groups is 1. The molecule has 0 aliphatic carbocycles. The van der Waals surface area contributed by atoms with Crippen molar-refractivity contribution in [2.75, 3.05) is 13.1 Å². The highest BCUT2D eigenvalue weighted by Crippen LogP contribution is 2.22. The number of pyridine rings is 1. The average molecular weight is 327 g/mol. The first-order valence-electron chi connectivity index (χ1n) is 8.51. The number of β-amino-alcohol motifs (C(OH)–C–C–N with tert-alkyl or cyclic N) is 1. The third kappa shape index (κ3) is 3.22. The molecule has 1 fully saturated rings. The molecule has 0 aromatic carbocycles. The van der Waals surface area contributed by atoms with Crippen molar-refractivity contribution in [3.63, 3.8) is 0 Å². The van der Waals surface area contributed by atoms with Gasteiger partial charge in [0.15, 0.2) is 0 Å². The molecule has 3 rings (SSSR count). The van der Waals surface area contributed by atoms with E-state index in [-0.39, 0.29) is 11.8 Å². The molecule has 1 aliphatic rings. The molecule has 2 unspecified atom stereocenters. The Morgan fingerprint density at radius 2 is 2.17 bits per heavy atom. The van der Waals surface area contributed by atoms with Crippen LogP contribution in [0.15, 0.2) is 30.5 Å². The molecule has 1 N–H and O–H groups in total. The van der Waals surface area contributed by atoms with Gasteiger partial charge in [0.25, 0.3) is 5.91 Å². The molecule has 1 aliphatic heterocycles. The quantitative estimate of drug-likeness (QED) is 0.942. The van der Waals surface area contributed by atoms with Crippen molar-refractivity contribution in [3.05, 3.63) is 53.1 Å². The second kappa shape index (κ2) is 6.77. The second-order valence-electron chi connectivity index (χ2n) is 6.78. The molecule has 5 heteroatoms. The number of aromatic nitrogens is 2. The third-order valence-electron chi connectivity index (χ3n) is 5.06. The van der Waals surface area contributed by atoms with E-state index in [2.05, 4.69) is 9.55 Å². The molecule has 1 saturated heterocycles. The van der Waals surface area contributed by atoms with E-state index < -0.39 is 6.10 Å². The largest absolute Gasteiger partial charge is 0.391 e. The Kier molecular flexibility index (Phi) is 4.71. The number of nitrogens with zero attached hydrogens (tertiary/aromatic N) is 3. The molecule has 2 atom stereocenters. The summed E-state index contributed by atoms with van der Waals surface area (Å²) in [6, 6.07) is 7.81. The van der Waals surface area contributed by atoms with E-state index >= 15 is 0 Å². The number of aliphatic hydroxyl groups is 1. The van der Waals surface area contributed by atoms with Gasteiger partial charge in [-0.1, -0.05) is 13.0 Å². The number of likely N-dealkylation sites (tertiary alicyclic amines) is 1. The molecule has 0 spiro atoms. The van der Waals surface area contributed by atoms with Gasteiger partial charge in [0.05, 0.1) is 23.9 Å². The van der Waals surface area contributed by atoms with Crippen LogP contribution in [-0.2, 0) is 6.54 Å². The number of aryl methyl sites for hydroxylation is 1. The maximum atomic E-state index is 12.9. The van der Waals surface area contributed by atoms with Crippen LogP contribution in [0.3, 0.4) is 0 Å². The van der Waals surface area contributed by atoms with Gasteiger partial charge in [0, 0.05) is 30.7 Å². The molecule has 0 bridgehead atoms. The highest BCUT2D eigenvalue weighted by Gasteiger charge is 2.29. The van der Waals surface area contributed by atoms with E-state index in [9.17, 15) is 9.90 Å². The lowest BCUT2D eigenvalue weighted by Gasteiger charge is -2.34. The highest BCUT2D eigenvalue weighted by molar-refractivity contribution is 5.95. The van der Waals surface area contributed by atoms with Gasteiger partial charge in [-0.2, -0.15) is 0 Å². The van der Waals surface area contributed by atoms with Gasteiger partial charge in [0.1, 0.15) is 0 Å². The van der Waals surface area contributed by atoms with Crippen molar-refractivity contribution >= 4 is 5.91 Å². The summed E-state index contributed by atoms with van der Waals surface area (Å²) in [5.41, 5.74) is 3.70. The first-order chi connectivity index (χ1) is 11.5. The number of rotatable bonds is 3. The molecular weight excluding hydrogens is 302 g/mol. The van der Waals surface area contributed by atoms with E-state index in [0.29, 0.717) is 19.6 Å². The van der Waals surface area contributed by atoms with Gasteiger partial charge in [-0.3, -0.25) is 9.78 Å². The standard InChI is InChI=1S/C19H25N3O2/c1-13-7-9-21(12-18(13)23)19(24)17-10-14(2)22(15(17)3)11-16-6-4-5-8-20-16/h4-6,8,10,13,18,23H,7,9,11-12H2,1-3H3. The second-order valence-corrected chi connectivity index (χ2v) is 6.78. The van der Waals surface area contributed by atoms with Crippen LogP contribution in [0.25, 0.3) is 0 Å². The third-order valence-corrected chi connectivity index (χ3v) is 5.06. The first kappa shape index (κ1) is 16.7. The molecule has 1 amide bonds. The van der Waals surface area contributed by atoms with E-state index in [4.69, 9.17) is 0 Å². The summed E-state index contributed by atoms with van der Waals surface area (Å²) in [4.78, 5) is 19.0. The summed E-state index contributed by atoms with van der Waals surface area (Å²) in [6.45, 7) is 7.81. The Labute approximate surface area is 142 Å². The van der Waals surface area contributed by atoms with Crippen molar-refractivity contribution < 1.29 is 9.90 Å². The first-order valence-corrected chi connectivity index (χ1v) is 8.51. The van der Waals surface area contributed by atoms with E-state index in [1.807, 2.05) is 45.0 Å². The SMILES string of the molecule is Cc1cc(C(=O)N2CCC(C)C(O)C2)c(C)n1Cc1ccccn1. The topological polar surface area (TPSA) is 58.4 Å². The van der Waals surface area contributed by atoms with Gasteiger partial charge in [-0.15, -0.1) is 0 Å². The number of aliphatic hydroxyl groups excluding tert-OH is 1. The number of piperidine rings is 1. The maximum Gasteiger partial charge on any atom is 0.255 e. The van der Waals surface area contributed by atoms with Crippen molar-refractivity contribution in [2.45, 2.75) is 39.8 Å². The van der Waals surface area contributed by atoms with Crippen LogP contribution in [0.1, 0.15) is 40.8 Å². The predicted octanol–water partition coefficient (Wildman–Crippen LogP) is 2.39. The van der Waals surface area contributed by atoms with Gasteiger partial charge in [0.2, 0.25) is 0 Å². The maximum absolute atomic E-state index is 12.9. The highest BCUT2D eigenvalue weighted by atomic mass is 16.3. The Hall–Kier alpha value is -2.14. The van der Waals surface area contributed by atoms with Crippen LogP contribution in [0, 0.1) is 19.8 Å². The minimum atomic E-state index is -0.431. The summed E-state index contributed by atoms with van der Waals surface area (Å²) in [5.74, 6) is 0.270. The van der Waals surface area contributed by atoms with E-state index in [1.54, 1.807) is 11.1 Å². The number of hydrogen-bond acceptors (Lipinski definition) is 3. The fourth-order valence-electron chi connectivity index (χ4n) is 3.32. The Bertz CT molecular complexity index is 724. The molecule has 2 aromatic rings. The zero-order valence-corrected chi connectivity index (χ0v) is 14.6. The summed E-state index contributed by atoms with van der Waals surface area (Å²) in [7, 11) is 0. The van der Waals surface area contributed by atoms with Gasteiger partial charge in [-0.05, 0) is 44.4 Å². The normalized spacial score (nSPS) is 21.1. The lowest BCUT2D eigenvalue weighted by Crippen LogP contribution is -2.45. The summed E-state index contributed by atoms with van der Waals surface area (Å²) in [6.07, 6.45) is 2.20. The summed E-state index contributed by atoms with van der Waals surface area (Å²) >= 11 is 0. The molecule has 5 nitrogen and oxygen atoms in total. The van der Waals surface area contributed by atoms with E-state index in [0.717, 1.165) is 29.1 Å². The van der Waals surface area contributed by atoms with Crippen LogP contribution >= 0.6 is 0 Å². The van der Waals surface area contributed by atoms with Crippen LogP contribution in [0.4, 0.5) is 0 Å². The lowest BCUT2D eigenvalue weighted by atomic mass is 9.95. The fourth-order valence-corrected chi connectivity index (χ4v) is 3.32. The minimum absolute atomic E-state index is 0.0151. The van der Waals surface area contributed by atoms with Crippen LogP contribution in [0.5, 0.6) is 0 Å². The van der Waals surface area contributed by atoms with Gasteiger partial charge < -0.3 is 14.6 Å². The van der Waals surface area contributed by atoms with Crippen molar-refractivity contribution in [2.24, 2.45) is 5.92 Å². The molecule has 0 saturated carbocycles. The molecule has 128 valence electrons. The zero-order valence-electron chi connectivity index (χ0n) is 14.6. The number of amides is 1. The molecule has 2 aromatic heterocycles. The number of carbonyl (C=O) groups excluding carboxylic acids is 1. The van der Waals surface area contributed by atoms with Crippen molar-refractivity contribution in [1.29, 1.82) is 0 Å². The molecule has 3 heterocycles.